The summed E-state index contributed by atoms with van der Waals surface area (Å²) in [5.41, 5.74) is 0.810. The predicted octanol–water partition coefficient (Wildman–Crippen LogP) is 3.40. The van der Waals surface area contributed by atoms with Crippen LogP contribution in [0.5, 0.6) is 0 Å². The molecule has 3 nitrogen and oxygen atoms in total. The predicted molar refractivity (Wildman–Crippen MR) is 83.9 cm³/mol. The Balaban J connectivity index is 2.37. The second-order valence-electron chi connectivity index (χ2n) is 4.22. The molecule has 0 spiro atoms. The standard InChI is InChI=1S/C17H16O3S/c1-2-20-17(18)16(13-14-9-5-3-6-10-14)21(19)15-11-7-4-8-12-15/h3-13H,2H2,1H3. The van der Waals surface area contributed by atoms with Crippen molar-refractivity contribution in [3.8, 4) is 0 Å². The molecule has 2 aromatic rings. The molecule has 0 aromatic heterocycles. The fourth-order valence-electron chi connectivity index (χ4n) is 1.76. The highest BCUT2D eigenvalue weighted by Crippen LogP contribution is 2.22. The maximum atomic E-state index is 12.6. The van der Waals surface area contributed by atoms with Gasteiger partial charge in [-0.3, -0.25) is 0 Å². The summed E-state index contributed by atoms with van der Waals surface area (Å²) in [5, 5.41) is 0. The minimum absolute atomic E-state index is 0.147. The van der Waals surface area contributed by atoms with Crippen LogP contribution in [-0.4, -0.2) is 17.1 Å². The summed E-state index contributed by atoms with van der Waals surface area (Å²) >= 11 is -1.57. The average Bonchev–Trinajstić information content (AvgIpc) is 2.54. The molecule has 0 saturated heterocycles. The quantitative estimate of drug-likeness (QED) is 0.483. The number of benzene rings is 2. The second-order valence-corrected chi connectivity index (χ2v) is 5.67. The zero-order valence-electron chi connectivity index (χ0n) is 11.7. The number of esters is 1. The SMILES string of the molecule is CCOC(=O)C(=Cc1ccccc1)[S+]([O-])c1ccccc1. The Morgan fingerprint density at radius 1 is 1.10 bits per heavy atom. The van der Waals surface area contributed by atoms with E-state index in [0.29, 0.717) is 4.90 Å². The van der Waals surface area contributed by atoms with Crippen molar-refractivity contribution in [1.82, 2.24) is 0 Å². The number of carbonyl (C=O) groups is 1. The lowest BCUT2D eigenvalue weighted by Gasteiger charge is -2.12. The average molecular weight is 300 g/mol. The van der Waals surface area contributed by atoms with Gasteiger partial charge >= 0.3 is 5.97 Å². The highest BCUT2D eigenvalue weighted by atomic mass is 32.2. The molecular weight excluding hydrogens is 284 g/mol. The second kappa shape index (κ2) is 7.67. The molecule has 2 aromatic carbocycles. The first kappa shape index (κ1) is 15.4. The van der Waals surface area contributed by atoms with Crippen LogP contribution in [0.4, 0.5) is 0 Å². The van der Waals surface area contributed by atoms with Crippen molar-refractivity contribution in [2.75, 3.05) is 6.61 Å². The smallest absolute Gasteiger partial charge is 0.387 e. The Bertz CT molecular complexity index is 608. The minimum atomic E-state index is -1.57. The van der Waals surface area contributed by atoms with Crippen molar-refractivity contribution in [2.24, 2.45) is 0 Å². The van der Waals surface area contributed by atoms with Gasteiger partial charge in [-0.05, 0) is 24.6 Å². The van der Waals surface area contributed by atoms with Crippen LogP contribution in [0.15, 0.2) is 70.5 Å². The molecule has 21 heavy (non-hydrogen) atoms. The number of carbonyl (C=O) groups excluding carboxylic acids is 1. The third-order valence-electron chi connectivity index (χ3n) is 2.73. The van der Waals surface area contributed by atoms with Gasteiger partial charge in [0.2, 0.25) is 4.91 Å². The summed E-state index contributed by atoms with van der Waals surface area (Å²) in [4.78, 5) is 12.8. The maximum absolute atomic E-state index is 12.6. The molecule has 0 aliphatic heterocycles. The zero-order valence-corrected chi connectivity index (χ0v) is 12.5. The van der Waals surface area contributed by atoms with E-state index in [1.54, 1.807) is 37.3 Å². The van der Waals surface area contributed by atoms with Gasteiger partial charge in [0.05, 0.1) is 6.61 Å². The molecule has 0 bridgehead atoms. The number of hydrogen-bond acceptors (Lipinski definition) is 3. The van der Waals surface area contributed by atoms with Crippen molar-refractivity contribution in [2.45, 2.75) is 11.8 Å². The number of ether oxygens (including phenoxy) is 1. The van der Waals surface area contributed by atoms with Crippen molar-refractivity contribution in [3.63, 3.8) is 0 Å². The minimum Gasteiger partial charge on any atom is -0.606 e. The summed E-state index contributed by atoms with van der Waals surface area (Å²) in [5.74, 6) is -0.552. The van der Waals surface area contributed by atoms with Gasteiger partial charge < -0.3 is 9.29 Å². The van der Waals surface area contributed by atoms with Gasteiger partial charge in [0, 0.05) is 17.3 Å². The fraction of sp³-hybridized carbons (Fsp3) is 0.118. The highest BCUT2D eigenvalue weighted by molar-refractivity contribution is 7.96. The van der Waals surface area contributed by atoms with Crippen LogP contribution in [0.25, 0.3) is 6.08 Å². The summed E-state index contributed by atoms with van der Waals surface area (Å²) in [6.07, 6.45) is 1.61. The van der Waals surface area contributed by atoms with Crippen LogP contribution in [-0.2, 0) is 20.7 Å². The first-order valence-corrected chi connectivity index (χ1v) is 7.78. The first-order valence-electron chi connectivity index (χ1n) is 6.63. The van der Waals surface area contributed by atoms with Gasteiger partial charge in [-0.15, -0.1) is 0 Å². The summed E-state index contributed by atoms with van der Waals surface area (Å²) in [7, 11) is 0. The topological polar surface area (TPSA) is 49.4 Å². The molecule has 0 heterocycles. The molecule has 0 fully saturated rings. The third-order valence-corrected chi connectivity index (χ3v) is 4.12. The van der Waals surface area contributed by atoms with Crippen LogP contribution < -0.4 is 0 Å². The third kappa shape index (κ3) is 4.21. The normalized spacial score (nSPS) is 12.8. The number of hydrogen-bond donors (Lipinski definition) is 0. The molecule has 0 aliphatic rings. The summed E-state index contributed by atoms with van der Waals surface area (Å²) in [6.45, 7) is 1.97. The van der Waals surface area contributed by atoms with Crippen LogP contribution in [0.1, 0.15) is 12.5 Å². The molecule has 0 radical (unpaired) electrons. The van der Waals surface area contributed by atoms with E-state index in [-0.39, 0.29) is 11.5 Å². The van der Waals surface area contributed by atoms with Crippen molar-refractivity contribution in [1.29, 1.82) is 0 Å². The fourth-order valence-corrected chi connectivity index (χ4v) is 2.87. The molecule has 0 N–H and O–H groups in total. The zero-order chi connectivity index (χ0) is 15.1. The monoisotopic (exact) mass is 300 g/mol. The molecule has 4 heteroatoms. The van der Waals surface area contributed by atoms with Crippen molar-refractivity contribution < 1.29 is 14.1 Å². The molecular formula is C17H16O3S. The lowest BCUT2D eigenvalue weighted by atomic mass is 10.2. The Kier molecular flexibility index (Phi) is 5.60. The van der Waals surface area contributed by atoms with E-state index >= 15 is 0 Å². The maximum Gasteiger partial charge on any atom is 0.387 e. The Morgan fingerprint density at radius 3 is 2.24 bits per heavy atom. The van der Waals surface area contributed by atoms with Crippen LogP contribution in [0.3, 0.4) is 0 Å². The summed E-state index contributed by atoms with van der Waals surface area (Å²) in [6, 6.07) is 18.2. The van der Waals surface area contributed by atoms with Gasteiger partial charge in [-0.1, -0.05) is 48.5 Å². The largest absolute Gasteiger partial charge is 0.606 e. The van der Waals surface area contributed by atoms with Gasteiger partial charge in [-0.2, -0.15) is 0 Å². The van der Waals surface area contributed by atoms with Crippen molar-refractivity contribution >= 4 is 23.2 Å². The molecule has 1 unspecified atom stereocenters. The molecule has 0 amide bonds. The van der Waals surface area contributed by atoms with E-state index in [9.17, 15) is 9.35 Å². The summed E-state index contributed by atoms with van der Waals surface area (Å²) < 4.78 is 17.6. The van der Waals surface area contributed by atoms with E-state index in [1.165, 1.54) is 0 Å². The Hall–Kier alpha value is -2.04. The van der Waals surface area contributed by atoms with Gasteiger partial charge in [0.1, 0.15) is 0 Å². The first-order chi connectivity index (χ1) is 10.2. The Labute approximate surface area is 127 Å². The van der Waals surface area contributed by atoms with Gasteiger partial charge in [0.25, 0.3) is 0 Å². The lowest BCUT2D eigenvalue weighted by molar-refractivity contribution is -0.137. The molecule has 0 saturated carbocycles. The van der Waals surface area contributed by atoms with E-state index < -0.39 is 17.1 Å². The van der Waals surface area contributed by atoms with Crippen LogP contribution in [0, 0.1) is 0 Å². The lowest BCUT2D eigenvalue weighted by Crippen LogP contribution is -2.16. The van der Waals surface area contributed by atoms with E-state index in [0.717, 1.165) is 5.56 Å². The van der Waals surface area contributed by atoms with Crippen LogP contribution in [0.2, 0.25) is 0 Å². The van der Waals surface area contributed by atoms with Gasteiger partial charge in [-0.25, -0.2) is 4.79 Å². The molecule has 108 valence electrons. The molecule has 1 atom stereocenters. The number of rotatable bonds is 5. The highest BCUT2D eigenvalue weighted by Gasteiger charge is 2.26. The van der Waals surface area contributed by atoms with Gasteiger partial charge in [0.15, 0.2) is 4.90 Å². The van der Waals surface area contributed by atoms with E-state index in [4.69, 9.17) is 4.74 Å². The van der Waals surface area contributed by atoms with Crippen LogP contribution >= 0.6 is 0 Å². The molecule has 0 aliphatic carbocycles. The van der Waals surface area contributed by atoms with E-state index in [2.05, 4.69) is 0 Å². The molecule has 2 rings (SSSR count). The Morgan fingerprint density at radius 2 is 1.67 bits per heavy atom. The van der Waals surface area contributed by atoms with E-state index in [1.807, 2.05) is 36.4 Å². The van der Waals surface area contributed by atoms with Crippen molar-refractivity contribution in [3.05, 3.63) is 71.1 Å².